The van der Waals surface area contributed by atoms with Crippen LogP contribution < -0.4 is 104 Å². The number of primary amides is 1. The van der Waals surface area contributed by atoms with Gasteiger partial charge in [0.15, 0.2) is 11.9 Å². The Balaban J connectivity index is 3.88. The number of rotatable bonds is 56. The van der Waals surface area contributed by atoms with Crippen molar-refractivity contribution in [3.05, 3.63) is 0 Å². The molecule has 28 N–H and O–H groups in total. The Bertz CT molecular complexity index is 3380. The number of aliphatic imine (C=N–C) groups is 2. The molecule has 14 amide bonds. The first-order chi connectivity index (χ1) is 55.5. The molecule has 0 unspecified atom stereocenters. The molecule has 0 bridgehead atoms. The lowest BCUT2D eigenvalue weighted by molar-refractivity contribution is -0.140. The number of aliphatic carboxylic acids is 2. The molecule has 678 valence electrons. The Kier molecular flexibility index (Phi) is 49.3. The number of hydrogen-bond acceptors (Lipinski definition) is 23. The molecule has 0 saturated carbocycles. The quantitative estimate of drug-likeness (QED) is 0.0153. The molecule has 1 saturated heterocycles. The van der Waals surface area contributed by atoms with Crippen molar-refractivity contribution >= 4 is 107 Å². The summed E-state index contributed by atoms with van der Waals surface area (Å²) < 4.78 is 0. The molecule has 10 atom stereocenters. The normalized spacial score (nSPS) is 15.6. The van der Waals surface area contributed by atoms with Gasteiger partial charge in [-0.3, -0.25) is 101 Å². The summed E-state index contributed by atoms with van der Waals surface area (Å²) >= 11 is 0. The minimum atomic E-state index is -1.93. The monoisotopic (exact) mass is 1690 g/mol. The number of aliphatic hydroxyl groups is 1. The van der Waals surface area contributed by atoms with E-state index < -0.39 is 173 Å². The van der Waals surface area contributed by atoms with E-state index in [0.29, 0.717) is 6.42 Å². The first-order valence-electron chi connectivity index (χ1n) is 40.7. The molecular weight excluding hydrogens is 1550 g/mol. The number of carboxylic acids is 2. The summed E-state index contributed by atoms with van der Waals surface area (Å²) in [7, 11) is 0. The van der Waals surface area contributed by atoms with Gasteiger partial charge in [-0.1, -0.05) is 55.4 Å². The minimum absolute atomic E-state index is 0.0105. The number of nitrogens with one attached hydrogen (secondary N) is 13. The summed E-state index contributed by atoms with van der Waals surface area (Å²) in [5, 5.41) is 63.4. The fraction of sp³-hybridized carbons (Fsp3) is 0.763. The molecule has 0 spiro atoms. The highest BCUT2D eigenvalue weighted by molar-refractivity contribution is 6.01. The summed E-state index contributed by atoms with van der Waals surface area (Å²) in [6, 6.07) is -13.6. The van der Waals surface area contributed by atoms with Crippen molar-refractivity contribution in [1.82, 2.24) is 83.8 Å². The van der Waals surface area contributed by atoms with Gasteiger partial charge < -0.3 is 119 Å². The van der Waals surface area contributed by atoms with Crippen LogP contribution in [0.15, 0.2) is 9.98 Å². The predicted molar refractivity (Wildman–Crippen MR) is 443 cm³/mol. The van der Waals surface area contributed by atoms with Crippen molar-refractivity contribution in [1.29, 1.82) is 0 Å². The molecule has 0 aromatic heterocycles. The Morgan fingerprint density at radius 2 is 0.681 bits per heavy atom. The second-order valence-corrected chi connectivity index (χ2v) is 32.9. The van der Waals surface area contributed by atoms with Crippen LogP contribution in [0.1, 0.15) is 187 Å². The summed E-state index contributed by atoms with van der Waals surface area (Å²) in [5.74, 6) is -14.9. The fourth-order valence-corrected chi connectivity index (χ4v) is 12.5. The minimum Gasteiger partial charge on any atom is -0.480 e. The van der Waals surface area contributed by atoms with Crippen molar-refractivity contribution < 1.29 is 92.0 Å². The Morgan fingerprint density at radius 1 is 0.378 bits per heavy atom. The summed E-state index contributed by atoms with van der Waals surface area (Å²) in [4.78, 5) is 231. The molecule has 1 aliphatic heterocycles. The third-order valence-electron chi connectivity index (χ3n) is 18.9. The lowest BCUT2D eigenvalue weighted by Crippen LogP contribution is -2.64. The molecule has 0 aromatic rings. The predicted octanol–water partition coefficient (Wildman–Crippen LogP) is -6.06. The van der Waals surface area contributed by atoms with Gasteiger partial charge in [-0.2, -0.15) is 0 Å². The number of unbranched alkanes of at least 4 members (excludes halogenated alkanes) is 2. The van der Waals surface area contributed by atoms with E-state index in [1.165, 1.54) is 41.5 Å². The van der Waals surface area contributed by atoms with E-state index in [1.807, 2.05) is 13.8 Å². The van der Waals surface area contributed by atoms with Crippen LogP contribution in [0.5, 0.6) is 0 Å². The number of carbonyl (C=O) groups excluding carboxylic acids is 14. The van der Waals surface area contributed by atoms with Gasteiger partial charge in [0.25, 0.3) is 0 Å². The molecule has 1 rings (SSSR count). The number of carboxylic acid groups (broad SMARTS) is 2. The highest BCUT2D eigenvalue weighted by Gasteiger charge is 2.41. The van der Waals surface area contributed by atoms with Crippen molar-refractivity contribution in [3.8, 4) is 0 Å². The fourth-order valence-electron chi connectivity index (χ4n) is 12.5. The van der Waals surface area contributed by atoms with Gasteiger partial charge >= 0.3 is 11.9 Å². The van der Waals surface area contributed by atoms with Crippen LogP contribution in [-0.2, 0) is 76.7 Å². The maximum Gasteiger partial charge on any atom is 0.317 e. The van der Waals surface area contributed by atoms with Gasteiger partial charge in [0, 0.05) is 65.8 Å². The molecule has 0 aliphatic carbocycles. The van der Waals surface area contributed by atoms with Crippen molar-refractivity contribution in [2.45, 2.75) is 258 Å². The van der Waals surface area contributed by atoms with E-state index >= 15 is 0 Å². The number of nitrogens with two attached hydrogens (primary N) is 6. The Hall–Kier alpha value is -10.1. The third kappa shape index (κ3) is 45.0. The van der Waals surface area contributed by atoms with Crippen LogP contribution in [0, 0.1) is 23.7 Å². The smallest absolute Gasteiger partial charge is 0.317 e. The zero-order chi connectivity index (χ0) is 90.6. The Labute approximate surface area is 697 Å². The molecule has 119 heavy (non-hydrogen) atoms. The first kappa shape index (κ1) is 107. The van der Waals surface area contributed by atoms with E-state index in [-0.39, 0.29) is 204 Å². The molecule has 43 heteroatoms. The zero-order valence-electron chi connectivity index (χ0n) is 72.0. The second-order valence-electron chi connectivity index (χ2n) is 32.9. The van der Waals surface area contributed by atoms with Crippen molar-refractivity contribution in [2.24, 2.45) is 68.1 Å². The van der Waals surface area contributed by atoms with Gasteiger partial charge in [0.2, 0.25) is 82.7 Å². The van der Waals surface area contributed by atoms with Crippen molar-refractivity contribution in [2.75, 3.05) is 91.7 Å². The Morgan fingerprint density at radius 3 is 1.03 bits per heavy atom. The maximum atomic E-state index is 15.0. The molecule has 1 heterocycles. The van der Waals surface area contributed by atoms with Gasteiger partial charge in [0.05, 0.1) is 26.2 Å². The van der Waals surface area contributed by atoms with E-state index in [1.54, 1.807) is 56.2 Å². The van der Waals surface area contributed by atoms with Crippen LogP contribution >= 0.6 is 0 Å². The highest BCUT2D eigenvalue weighted by Crippen LogP contribution is 2.17. The summed E-state index contributed by atoms with van der Waals surface area (Å²) in [6.07, 6.45) is 0.848. The summed E-state index contributed by atoms with van der Waals surface area (Å²) in [5.41, 5.74) is 30.3. The molecule has 43 nitrogen and oxygen atoms in total. The van der Waals surface area contributed by atoms with Gasteiger partial charge in [-0.15, -0.1) is 0 Å². The lowest BCUT2D eigenvalue weighted by Gasteiger charge is -2.32. The molecule has 1 fully saturated rings. The lowest BCUT2D eigenvalue weighted by atomic mass is 9.98. The highest BCUT2D eigenvalue weighted by atomic mass is 16.4. The van der Waals surface area contributed by atoms with Gasteiger partial charge in [-0.05, 0) is 155 Å². The maximum absolute atomic E-state index is 15.0. The summed E-state index contributed by atoms with van der Waals surface area (Å²) in [6.45, 7) is 22.3. The molecule has 1 aliphatic rings. The van der Waals surface area contributed by atoms with E-state index in [9.17, 15) is 92.0 Å². The van der Waals surface area contributed by atoms with Gasteiger partial charge in [-0.25, -0.2) is 0 Å². The first-order valence-corrected chi connectivity index (χ1v) is 40.7. The largest absolute Gasteiger partial charge is 0.480 e. The number of amides is 14. The van der Waals surface area contributed by atoms with Crippen molar-refractivity contribution in [3.63, 3.8) is 0 Å². The van der Waals surface area contributed by atoms with E-state index in [0.717, 1.165) is 0 Å². The van der Waals surface area contributed by atoms with Crippen LogP contribution in [0.3, 0.4) is 0 Å². The van der Waals surface area contributed by atoms with Crippen LogP contribution in [0.25, 0.3) is 0 Å². The second kappa shape index (κ2) is 54.8. The average Bonchev–Trinajstić information content (AvgIpc) is 0.981. The average molecular weight is 1690 g/mol. The molecular formula is C76H140N24O19. The number of aliphatic hydroxyl groups excluding tert-OH is 1. The van der Waals surface area contributed by atoms with Crippen LogP contribution in [-0.4, -0.2) is 300 Å². The SMILES string of the molecule is CC(=O)N[C@@H](C)C(=O)N[C@@H](CO)C(=O)NC(C)(C)C(=O)N[C@@H](CC(C)C)C(=O)N[C@@H](CCCN=C(N)N)C(=O)N[C@@H](CCCCN)C(=O)N[C@@H](CC(C)C)C(=O)NC(C)(C)C(=O)N[C@@H](CCCCNC(=O)CN1CCN(CC(=O)O)CCN(CC(=O)O)CC1)C(=O)N[C@@H](CCCN=C(N)N)C(=O)N[C@@H](CC(C)C)C(=O)N[C@@H](CC(C)C)C(N)=O. The van der Waals surface area contributed by atoms with E-state index in [2.05, 4.69) is 79.1 Å². The molecule has 0 radical (unpaired) electrons. The topological polar surface area (TPSA) is 681 Å². The third-order valence-corrected chi connectivity index (χ3v) is 18.9. The standard InChI is InChI=1S/C76H140N24O19/c1-43(2)35-53(61(78)108)90-67(114)54(36-44(3)4)91-65(112)51(24-20-28-85-74(81)82)88-66(113)52(22-16-18-26-83-58(103)39-98-29-31-99(40-59(104)105)33-34-100(32-30-98)41-60(106)107)94-71(118)75(11,12)96-69(116)56(38-46(7)8)92-64(111)49(21-15-17-25-77)87-63(110)50(23-19-27-84-73(79)80)89-68(115)55(37-45(5)6)95-72(119)76(13,14)97-70(117)57(42-101)93-62(109)47(9)86-48(10)102/h43-47,49-57,101H,15-42,77H2,1-14H3,(H2,78,108)(H,83,103)(H,86,102)(H,87,110)(H,88,113)(H,89,115)(H,90,114)(H,91,112)(H,92,111)(H,93,109)(H,94,118)(H,95,119)(H,96,116)(H,97,117)(H,104,105)(H,106,107)(H4,79,80,84)(H4,81,82,85)/t47-,49-,50-,51-,52-,53-,54-,55-,56-,57-/m0/s1. The van der Waals surface area contributed by atoms with E-state index in [4.69, 9.17) is 34.4 Å². The number of hydrogen-bond donors (Lipinski definition) is 22. The number of guanidine groups is 2. The number of carbonyl (C=O) groups is 16. The van der Waals surface area contributed by atoms with Crippen LogP contribution in [0.2, 0.25) is 0 Å². The van der Waals surface area contributed by atoms with Gasteiger partial charge in [0.1, 0.15) is 71.5 Å². The zero-order valence-corrected chi connectivity index (χ0v) is 72.0. The van der Waals surface area contributed by atoms with Crippen LogP contribution in [0.4, 0.5) is 0 Å². The molecule has 0 aromatic carbocycles. The number of nitrogens with zero attached hydrogens (tertiary/aromatic N) is 5.